The van der Waals surface area contributed by atoms with Crippen LogP contribution in [0.15, 0.2) is 66.7 Å². The standard InChI is InChI=1S/C31H37ClN2O3/c1-21(2)18-33-31(36)28(17-25-9-7-6-8-10-25)34(19-26-13-11-22(3)12-14-26)29(35)20-37-27-15-23(4)30(32)24(5)16-27/h6-16,21,28H,17-20H2,1-5H3,(H,33,36). The van der Waals surface area contributed by atoms with Crippen molar-refractivity contribution >= 4 is 23.4 Å². The van der Waals surface area contributed by atoms with E-state index in [4.69, 9.17) is 16.3 Å². The number of hydrogen-bond donors (Lipinski definition) is 1. The minimum atomic E-state index is -0.688. The predicted molar refractivity (Wildman–Crippen MR) is 150 cm³/mol. The van der Waals surface area contributed by atoms with E-state index in [-0.39, 0.29) is 18.4 Å². The summed E-state index contributed by atoms with van der Waals surface area (Å²) in [5.74, 6) is 0.442. The van der Waals surface area contributed by atoms with Crippen molar-refractivity contribution in [2.45, 2.75) is 53.6 Å². The van der Waals surface area contributed by atoms with Crippen LogP contribution in [0.2, 0.25) is 5.02 Å². The lowest BCUT2D eigenvalue weighted by Gasteiger charge is -2.31. The fourth-order valence-corrected chi connectivity index (χ4v) is 4.19. The second kappa shape index (κ2) is 13.3. The molecule has 0 aromatic heterocycles. The number of rotatable bonds is 11. The fourth-order valence-electron chi connectivity index (χ4n) is 4.08. The maximum Gasteiger partial charge on any atom is 0.261 e. The van der Waals surface area contributed by atoms with Crippen molar-refractivity contribution in [1.82, 2.24) is 10.2 Å². The summed E-state index contributed by atoms with van der Waals surface area (Å²) in [5.41, 5.74) is 4.84. The van der Waals surface area contributed by atoms with Gasteiger partial charge in [0.15, 0.2) is 6.61 Å². The van der Waals surface area contributed by atoms with Crippen molar-refractivity contribution in [2.24, 2.45) is 5.92 Å². The molecular formula is C31H37ClN2O3. The number of halogens is 1. The van der Waals surface area contributed by atoms with Crippen molar-refractivity contribution in [1.29, 1.82) is 0 Å². The van der Waals surface area contributed by atoms with Crippen molar-refractivity contribution in [3.8, 4) is 5.75 Å². The maximum absolute atomic E-state index is 13.7. The normalized spacial score (nSPS) is 11.8. The quantitative estimate of drug-likeness (QED) is 0.334. The zero-order chi connectivity index (χ0) is 26.9. The molecule has 0 bridgehead atoms. The molecule has 6 heteroatoms. The van der Waals surface area contributed by atoms with E-state index >= 15 is 0 Å². The molecule has 0 saturated heterocycles. The predicted octanol–water partition coefficient (Wildman–Crippen LogP) is 6.06. The molecule has 1 atom stereocenters. The molecule has 3 aromatic rings. The van der Waals surface area contributed by atoms with Gasteiger partial charge in [-0.1, -0.05) is 85.6 Å². The maximum atomic E-state index is 13.7. The third kappa shape index (κ3) is 8.36. The molecule has 3 aromatic carbocycles. The fraction of sp³-hybridized carbons (Fsp3) is 0.355. The Kier molecular flexibility index (Phi) is 10.2. The van der Waals surface area contributed by atoms with E-state index in [1.54, 1.807) is 4.90 Å². The molecule has 5 nitrogen and oxygen atoms in total. The van der Waals surface area contributed by atoms with Gasteiger partial charge in [-0.25, -0.2) is 0 Å². The van der Waals surface area contributed by atoms with E-state index in [0.29, 0.717) is 36.2 Å². The molecule has 1 N–H and O–H groups in total. The van der Waals surface area contributed by atoms with Crippen LogP contribution in [-0.4, -0.2) is 35.9 Å². The monoisotopic (exact) mass is 520 g/mol. The van der Waals surface area contributed by atoms with Gasteiger partial charge in [0.25, 0.3) is 5.91 Å². The molecule has 0 heterocycles. The Labute approximate surface area is 225 Å². The summed E-state index contributed by atoms with van der Waals surface area (Å²) >= 11 is 6.29. The van der Waals surface area contributed by atoms with Gasteiger partial charge in [0.1, 0.15) is 11.8 Å². The number of benzene rings is 3. The molecule has 3 rings (SSSR count). The Balaban J connectivity index is 1.91. The third-order valence-corrected chi connectivity index (χ3v) is 6.80. The zero-order valence-corrected chi connectivity index (χ0v) is 23.1. The lowest BCUT2D eigenvalue weighted by molar-refractivity contribution is -0.142. The Hall–Kier alpha value is -3.31. The Bertz CT molecular complexity index is 1170. The number of carbonyl (C=O) groups is 2. The van der Waals surface area contributed by atoms with E-state index in [0.717, 1.165) is 27.8 Å². The van der Waals surface area contributed by atoms with E-state index < -0.39 is 6.04 Å². The Morgan fingerprint density at radius 2 is 1.54 bits per heavy atom. The summed E-state index contributed by atoms with van der Waals surface area (Å²) in [6.45, 7) is 10.6. The number of carbonyl (C=O) groups excluding carboxylic acids is 2. The van der Waals surface area contributed by atoms with Crippen molar-refractivity contribution in [3.63, 3.8) is 0 Å². The average molecular weight is 521 g/mol. The van der Waals surface area contributed by atoms with Crippen molar-refractivity contribution in [3.05, 3.63) is 99.6 Å². The van der Waals surface area contributed by atoms with Crippen LogP contribution in [0.3, 0.4) is 0 Å². The molecule has 0 aliphatic carbocycles. The summed E-state index contributed by atoms with van der Waals surface area (Å²) in [6.07, 6.45) is 0.404. The molecule has 1 unspecified atom stereocenters. The van der Waals surface area contributed by atoms with Gasteiger partial charge in [-0.3, -0.25) is 9.59 Å². The first-order valence-corrected chi connectivity index (χ1v) is 13.1. The van der Waals surface area contributed by atoms with Crippen LogP contribution in [-0.2, 0) is 22.6 Å². The van der Waals surface area contributed by atoms with E-state index in [9.17, 15) is 9.59 Å². The summed E-state index contributed by atoms with van der Waals surface area (Å²) in [6, 6.07) is 20.8. The van der Waals surface area contributed by atoms with Gasteiger partial charge in [-0.05, 0) is 61.1 Å². The summed E-state index contributed by atoms with van der Waals surface area (Å²) in [4.78, 5) is 28.8. The molecule has 0 fully saturated rings. The molecule has 0 spiro atoms. The minimum absolute atomic E-state index is 0.170. The van der Waals surface area contributed by atoms with E-state index in [2.05, 4.69) is 5.32 Å². The number of nitrogens with one attached hydrogen (secondary N) is 1. The molecule has 0 radical (unpaired) electrons. The second-order valence-corrected chi connectivity index (χ2v) is 10.4. The van der Waals surface area contributed by atoms with Gasteiger partial charge in [0, 0.05) is 24.5 Å². The molecule has 37 heavy (non-hydrogen) atoms. The van der Waals surface area contributed by atoms with Crippen molar-refractivity contribution in [2.75, 3.05) is 13.2 Å². The Morgan fingerprint density at radius 1 is 0.919 bits per heavy atom. The SMILES string of the molecule is Cc1ccc(CN(C(=O)COc2cc(C)c(Cl)c(C)c2)C(Cc2ccccc2)C(=O)NCC(C)C)cc1. The van der Waals surface area contributed by atoms with Crippen LogP contribution in [0.1, 0.15) is 41.7 Å². The van der Waals surface area contributed by atoms with E-state index in [1.807, 2.05) is 101 Å². The van der Waals surface area contributed by atoms with Crippen LogP contribution < -0.4 is 10.1 Å². The van der Waals surface area contributed by atoms with Crippen LogP contribution in [0.4, 0.5) is 0 Å². The minimum Gasteiger partial charge on any atom is -0.484 e. The van der Waals surface area contributed by atoms with Crippen LogP contribution in [0, 0.1) is 26.7 Å². The summed E-state index contributed by atoms with van der Waals surface area (Å²) in [7, 11) is 0. The molecule has 2 amide bonds. The number of aryl methyl sites for hydroxylation is 3. The number of hydrogen-bond acceptors (Lipinski definition) is 3. The first-order valence-electron chi connectivity index (χ1n) is 12.7. The molecular weight excluding hydrogens is 484 g/mol. The average Bonchev–Trinajstić information content (AvgIpc) is 2.88. The van der Waals surface area contributed by atoms with Gasteiger partial charge in [0.05, 0.1) is 0 Å². The van der Waals surface area contributed by atoms with Gasteiger partial charge < -0.3 is 15.0 Å². The molecule has 0 aliphatic rings. The topological polar surface area (TPSA) is 58.6 Å². The first-order chi connectivity index (χ1) is 17.6. The lowest BCUT2D eigenvalue weighted by Crippen LogP contribution is -2.52. The largest absolute Gasteiger partial charge is 0.484 e. The third-order valence-electron chi connectivity index (χ3n) is 6.20. The van der Waals surface area contributed by atoms with E-state index in [1.165, 1.54) is 0 Å². The summed E-state index contributed by atoms with van der Waals surface area (Å²) in [5, 5.41) is 3.72. The molecule has 0 saturated carbocycles. The van der Waals surface area contributed by atoms with Gasteiger partial charge >= 0.3 is 0 Å². The summed E-state index contributed by atoms with van der Waals surface area (Å²) < 4.78 is 5.92. The Morgan fingerprint density at radius 3 is 2.14 bits per heavy atom. The smallest absolute Gasteiger partial charge is 0.261 e. The van der Waals surface area contributed by atoms with Crippen LogP contribution >= 0.6 is 11.6 Å². The number of nitrogens with zero attached hydrogens (tertiary/aromatic N) is 1. The zero-order valence-electron chi connectivity index (χ0n) is 22.4. The highest BCUT2D eigenvalue weighted by molar-refractivity contribution is 6.32. The molecule has 196 valence electrons. The highest BCUT2D eigenvalue weighted by atomic mass is 35.5. The van der Waals surface area contributed by atoms with Gasteiger partial charge in [-0.15, -0.1) is 0 Å². The highest BCUT2D eigenvalue weighted by Gasteiger charge is 2.30. The first kappa shape index (κ1) is 28.3. The second-order valence-electron chi connectivity index (χ2n) is 10.0. The van der Waals surface area contributed by atoms with Crippen LogP contribution in [0.25, 0.3) is 0 Å². The van der Waals surface area contributed by atoms with Gasteiger partial charge in [-0.2, -0.15) is 0 Å². The van der Waals surface area contributed by atoms with Gasteiger partial charge in [0.2, 0.25) is 5.91 Å². The van der Waals surface area contributed by atoms with Crippen molar-refractivity contribution < 1.29 is 14.3 Å². The molecule has 0 aliphatic heterocycles. The van der Waals surface area contributed by atoms with Crippen LogP contribution in [0.5, 0.6) is 5.75 Å². The lowest BCUT2D eigenvalue weighted by atomic mass is 10.0. The number of amides is 2. The number of ether oxygens (including phenoxy) is 1. The highest BCUT2D eigenvalue weighted by Crippen LogP contribution is 2.26.